The van der Waals surface area contributed by atoms with E-state index in [2.05, 4.69) is 10.1 Å². The van der Waals surface area contributed by atoms with Crippen LogP contribution >= 0.6 is 7.60 Å². The van der Waals surface area contributed by atoms with E-state index in [0.29, 0.717) is 0 Å². The summed E-state index contributed by atoms with van der Waals surface area (Å²) in [5, 5.41) is 10.2. The maximum absolute atomic E-state index is 12.9. The molecule has 2 N–H and O–H groups in total. The lowest BCUT2D eigenvalue weighted by molar-refractivity contribution is -0.274. The molecule has 0 bridgehead atoms. The van der Waals surface area contributed by atoms with Crippen molar-refractivity contribution in [3.8, 4) is 5.75 Å². The third kappa shape index (κ3) is 3.14. The molecule has 0 spiro atoms. The van der Waals surface area contributed by atoms with E-state index in [0.717, 1.165) is 18.2 Å². The van der Waals surface area contributed by atoms with Gasteiger partial charge in [0.2, 0.25) is 0 Å². The Morgan fingerprint density at radius 1 is 1.25 bits per heavy atom. The molecule has 0 fully saturated rings. The molecule has 0 aromatic heterocycles. The van der Waals surface area contributed by atoms with Gasteiger partial charge in [0.05, 0.1) is 13.2 Å². The van der Waals surface area contributed by atoms with Gasteiger partial charge in [-0.1, -0.05) is 0 Å². The Balaban J connectivity index is 2.56. The molecule has 1 atom stereocenters. The largest absolute Gasteiger partial charge is 0.573 e. The van der Waals surface area contributed by atoms with Gasteiger partial charge >= 0.3 is 14.0 Å². The minimum Gasteiger partial charge on any atom is -0.406 e. The lowest BCUT2D eigenvalue weighted by atomic mass is 10.1. The molecule has 1 aromatic carbocycles. The van der Waals surface area contributed by atoms with E-state index in [4.69, 9.17) is 9.05 Å². The number of hydrogen-bond acceptors (Lipinski definition) is 6. The SMILES string of the molecule is CCOP(=O)(OCC)C1(O)C(=O)Nc2ccc(OC(F)(F)F)cc21. The topological polar surface area (TPSA) is 94.1 Å². The molecule has 1 heterocycles. The van der Waals surface area contributed by atoms with Crippen LogP contribution in [0.1, 0.15) is 19.4 Å². The zero-order valence-corrected chi connectivity index (χ0v) is 13.6. The smallest absolute Gasteiger partial charge is 0.406 e. The van der Waals surface area contributed by atoms with Crippen LogP contribution in [0.5, 0.6) is 5.75 Å². The van der Waals surface area contributed by atoms with E-state index >= 15 is 0 Å². The summed E-state index contributed by atoms with van der Waals surface area (Å²) in [7, 11) is -4.43. The number of carbonyl (C=O) groups is 1. The van der Waals surface area contributed by atoms with Crippen LogP contribution in [0.4, 0.5) is 18.9 Å². The summed E-state index contributed by atoms with van der Waals surface area (Å²) in [6.45, 7) is 2.62. The quantitative estimate of drug-likeness (QED) is 0.749. The first-order chi connectivity index (χ1) is 11.1. The van der Waals surface area contributed by atoms with E-state index in [1.807, 2.05) is 0 Å². The first-order valence-corrected chi connectivity index (χ1v) is 8.45. The number of hydrogen-bond donors (Lipinski definition) is 2. The minimum absolute atomic E-state index is 0.0170. The lowest BCUT2D eigenvalue weighted by Crippen LogP contribution is -2.35. The summed E-state index contributed by atoms with van der Waals surface area (Å²) in [5.74, 6) is -1.80. The Morgan fingerprint density at radius 2 is 1.83 bits per heavy atom. The summed E-state index contributed by atoms with van der Waals surface area (Å²) in [6, 6.07) is 2.81. The molecule has 0 saturated carbocycles. The van der Waals surface area contributed by atoms with Crippen molar-refractivity contribution in [1.29, 1.82) is 0 Å². The molecule has 1 aliphatic rings. The molecule has 134 valence electrons. The normalized spacial score (nSPS) is 20.7. The van der Waals surface area contributed by atoms with Gasteiger partial charge in [-0.25, -0.2) is 0 Å². The molecule has 1 aliphatic heterocycles. The number of ether oxygens (including phenoxy) is 1. The minimum atomic E-state index is -4.97. The molecule has 0 radical (unpaired) electrons. The Bertz CT molecular complexity index is 685. The highest BCUT2D eigenvalue weighted by Crippen LogP contribution is 2.66. The monoisotopic (exact) mass is 369 g/mol. The molecular formula is C13H15F3NO6P. The Hall–Kier alpha value is -1.61. The lowest BCUT2D eigenvalue weighted by Gasteiger charge is -2.29. The van der Waals surface area contributed by atoms with E-state index in [-0.39, 0.29) is 24.5 Å². The molecular weight excluding hydrogens is 354 g/mol. The first kappa shape index (κ1) is 18.7. The highest BCUT2D eigenvalue weighted by Gasteiger charge is 2.61. The molecule has 1 amide bonds. The summed E-state index contributed by atoms with van der Waals surface area (Å²) in [4.78, 5) is 12.2. The van der Waals surface area contributed by atoms with Crippen molar-refractivity contribution in [2.75, 3.05) is 18.5 Å². The summed E-state index contributed by atoms with van der Waals surface area (Å²) in [6.07, 6.45) is -4.97. The van der Waals surface area contributed by atoms with Gasteiger partial charge < -0.3 is 24.2 Å². The maximum atomic E-state index is 12.9. The second kappa shape index (κ2) is 6.36. The average Bonchev–Trinajstić information content (AvgIpc) is 2.71. The van der Waals surface area contributed by atoms with Crippen molar-refractivity contribution in [2.24, 2.45) is 0 Å². The second-order valence-electron chi connectivity index (χ2n) is 4.71. The fourth-order valence-electron chi connectivity index (χ4n) is 2.29. The highest BCUT2D eigenvalue weighted by atomic mass is 31.2. The van der Waals surface area contributed by atoms with E-state index < -0.39 is 31.0 Å². The predicted octanol–water partition coefficient (Wildman–Crippen LogP) is 2.95. The van der Waals surface area contributed by atoms with Gasteiger partial charge in [-0.2, -0.15) is 0 Å². The number of carbonyl (C=O) groups excluding carboxylic acids is 1. The van der Waals surface area contributed by atoms with E-state index in [9.17, 15) is 27.6 Å². The molecule has 2 rings (SSSR count). The van der Waals surface area contributed by atoms with Crippen LogP contribution < -0.4 is 10.1 Å². The third-order valence-electron chi connectivity index (χ3n) is 3.16. The average molecular weight is 369 g/mol. The van der Waals surface area contributed by atoms with Gasteiger partial charge in [0.15, 0.2) is 0 Å². The van der Waals surface area contributed by atoms with Crippen molar-refractivity contribution in [3.05, 3.63) is 23.8 Å². The number of amides is 1. The highest BCUT2D eigenvalue weighted by molar-refractivity contribution is 7.56. The van der Waals surface area contributed by atoms with E-state index in [1.54, 1.807) is 0 Å². The van der Waals surface area contributed by atoms with Crippen LogP contribution in [0.3, 0.4) is 0 Å². The maximum Gasteiger partial charge on any atom is 0.573 e. The van der Waals surface area contributed by atoms with Crippen LogP contribution in [0.2, 0.25) is 0 Å². The number of benzene rings is 1. The number of fused-ring (bicyclic) bond motifs is 1. The van der Waals surface area contributed by atoms with Crippen LogP contribution in [0.25, 0.3) is 0 Å². The summed E-state index contributed by atoms with van der Waals surface area (Å²) >= 11 is 0. The number of nitrogens with one attached hydrogen (secondary N) is 1. The van der Waals surface area contributed by atoms with Crippen LogP contribution in [0.15, 0.2) is 18.2 Å². The number of aliphatic hydroxyl groups is 1. The van der Waals surface area contributed by atoms with Gasteiger partial charge in [0, 0.05) is 11.3 Å². The molecule has 24 heavy (non-hydrogen) atoms. The van der Waals surface area contributed by atoms with E-state index in [1.165, 1.54) is 13.8 Å². The van der Waals surface area contributed by atoms with Crippen LogP contribution in [-0.2, 0) is 23.7 Å². The van der Waals surface area contributed by atoms with Crippen LogP contribution in [-0.4, -0.2) is 30.6 Å². The van der Waals surface area contributed by atoms with Gasteiger partial charge in [-0.15, -0.1) is 13.2 Å². The zero-order valence-electron chi connectivity index (χ0n) is 12.7. The molecule has 11 heteroatoms. The van der Waals surface area contributed by atoms with Crippen molar-refractivity contribution in [3.63, 3.8) is 0 Å². The first-order valence-electron chi connectivity index (χ1n) is 6.90. The number of anilines is 1. The standard InChI is InChI=1S/C13H15F3NO6P/c1-3-21-24(20,22-4-2)12(19)9-7-8(23-13(14,15)16)5-6-10(9)17-11(12)18/h5-7,19H,3-4H2,1-2H3,(H,17,18). The third-order valence-corrected chi connectivity index (χ3v) is 5.59. The fourth-order valence-corrected chi connectivity index (χ4v) is 4.20. The van der Waals surface area contributed by atoms with Crippen molar-refractivity contribution >= 4 is 19.2 Å². The van der Waals surface area contributed by atoms with Gasteiger partial charge in [0.25, 0.3) is 11.2 Å². The number of alkyl halides is 3. The predicted molar refractivity (Wildman–Crippen MR) is 76.5 cm³/mol. The van der Waals surface area contributed by atoms with Crippen molar-refractivity contribution in [2.45, 2.75) is 25.6 Å². The molecule has 7 nitrogen and oxygen atoms in total. The Labute approximate surface area is 135 Å². The van der Waals surface area contributed by atoms with Gasteiger partial charge in [-0.05, 0) is 32.0 Å². The number of rotatable bonds is 6. The van der Waals surface area contributed by atoms with Crippen molar-refractivity contribution in [1.82, 2.24) is 0 Å². The molecule has 0 saturated heterocycles. The Morgan fingerprint density at radius 3 is 2.33 bits per heavy atom. The zero-order chi connectivity index (χ0) is 18.2. The summed E-state index contributed by atoms with van der Waals surface area (Å²) < 4.78 is 63.7. The number of halogens is 3. The Kier molecular flexibility index (Phi) is 4.96. The fraction of sp³-hybridized carbons (Fsp3) is 0.462. The molecule has 1 unspecified atom stereocenters. The summed E-state index contributed by atoms with van der Waals surface area (Å²) in [5.41, 5.74) is -0.392. The van der Waals surface area contributed by atoms with Gasteiger partial charge in [0.1, 0.15) is 5.75 Å². The molecule has 0 aliphatic carbocycles. The van der Waals surface area contributed by atoms with Crippen LogP contribution in [0, 0.1) is 0 Å². The van der Waals surface area contributed by atoms with Gasteiger partial charge in [-0.3, -0.25) is 9.36 Å². The molecule has 1 aromatic rings. The second-order valence-corrected chi connectivity index (χ2v) is 6.87. The van der Waals surface area contributed by atoms with Crippen molar-refractivity contribution < 1.29 is 41.4 Å².